The molecule has 60 valence electrons. The molecule has 0 aliphatic heterocycles. The van der Waals surface area contributed by atoms with Crippen LogP contribution in [0.25, 0.3) is 0 Å². The van der Waals surface area contributed by atoms with E-state index in [-0.39, 0.29) is 15.7 Å². The number of benzene rings is 1. The molecule has 1 nitrogen and oxygen atoms in total. The Morgan fingerprint density at radius 3 is 2.18 bits per heavy atom. The molecule has 0 amide bonds. The van der Waals surface area contributed by atoms with Crippen molar-refractivity contribution in [2.75, 3.05) is 5.73 Å². The van der Waals surface area contributed by atoms with Crippen molar-refractivity contribution in [1.82, 2.24) is 0 Å². The van der Waals surface area contributed by atoms with Gasteiger partial charge in [-0.1, -0.05) is 23.2 Å². The maximum atomic E-state index is 12.5. The van der Waals surface area contributed by atoms with E-state index in [1.165, 1.54) is 0 Å². The fourth-order valence-electron chi connectivity index (χ4n) is 0.580. The zero-order valence-corrected chi connectivity index (χ0v) is 6.68. The second-order valence-corrected chi connectivity index (χ2v) is 2.64. The lowest BCUT2D eigenvalue weighted by atomic mass is 10.3. The molecule has 0 saturated carbocycles. The minimum absolute atomic E-state index is 0.288. The number of anilines is 1. The summed E-state index contributed by atoms with van der Waals surface area (Å²) in [5, 5.41) is -0.644. The highest BCUT2D eigenvalue weighted by molar-refractivity contribution is 6.43. The van der Waals surface area contributed by atoms with Crippen LogP contribution in [-0.2, 0) is 0 Å². The van der Waals surface area contributed by atoms with Crippen molar-refractivity contribution in [2.24, 2.45) is 0 Å². The molecule has 0 aliphatic carbocycles. The molecule has 11 heavy (non-hydrogen) atoms. The second-order valence-electron chi connectivity index (χ2n) is 1.88. The minimum Gasteiger partial charge on any atom is -0.395 e. The molecule has 0 aliphatic rings. The highest BCUT2D eigenvalue weighted by atomic mass is 35.5. The van der Waals surface area contributed by atoms with Crippen molar-refractivity contribution in [3.63, 3.8) is 0 Å². The molecule has 0 radical (unpaired) electrons. The lowest BCUT2D eigenvalue weighted by Crippen LogP contribution is -1.94. The number of hydrogen-bond donors (Lipinski definition) is 1. The van der Waals surface area contributed by atoms with Crippen LogP contribution in [0.1, 0.15) is 0 Å². The molecule has 0 heterocycles. The molecule has 0 saturated heterocycles. The van der Waals surface area contributed by atoms with Gasteiger partial charge in [0.1, 0.15) is 5.82 Å². The van der Waals surface area contributed by atoms with Gasteiger partial charge in [-0.3, -0.25) is 0 Å². The first-order valence-corrected chi connectivity index (χ1v) is 3.38. The molecule has 1 rings (SSSR count). The molecule has 1 aromatic rings. The Kier molecular flexibility index (Phi) is 2.20. The van der Waals surface area contributed by atoms with Crippen LogP contribution in [0.4, 0.5) is 14.5 Å². The summed E-state index contributed by atoms with van der Waals surface area (Å²) in [4.78, 5) is 0. The van der Waals surface area contributed by atoms with E-state index in [0.717, 1.165) is 0 Å². The average Bonchev–Trinajstić information content (AvgIpc) is 1.97. The molecule has 0 unspecified atom stereocenters. The molecule has 0 spiro atoms. The van der Waals surface area contributed by atoms with Gasteiger partial charge in [0.15, 0.2) is 5.82 Å². The third-order valence-electron chi connectivity index (χ3n) is 1.15. The minimum atomic E-state index is -0.914. The Bertz CT molecular complexity index is 275. The highest BCUT2D eigenvalue weighted by Crippen LogP contribution is 2.32. The van der Waals surface area contributed by atoms with Gasteiger partial charge in [-0.05, 0) is 0 Å². The van der Waals surface area contributed by atoms with E-state index in [2.05, 4.69) is 0 Å². The van der Waals surface area contributed by atoms with E-state index in [1.807, 2.05) is 0 Å². The standard InChI is InChI=1S/C6H3Cl2F2N/c7-4-2(9)1-3(10)6(11)5(4)8/h1H,11H2. The number of nitrogens with two attached hydrogens (primary N) is 1. The summed E-state index contributed by atoms with van der Waals surface area (Å²) >= 11 is 10.7. The Morgan fingerprint density at radius 2 is 1.64 bits per heavy atom. The van der Waals surface area contributed by atoms with Gasteiger partial charge >= 0.3 is 0 Å². The smallest absolute Gasteiger partial charge is 0.150 e. The van der Waals surface area contributed by atoms with Crippen molar-refractivity contribution < 1.29 is 8.78 Å². The summed E-state index contributed by atoms with van der Waals surface area (Å²) in [6.07, 6.45) is 0. The molecule has 0 fully saturated rings. The molecule has 0 bridgehead atoms. The third-order valence-corrected chi connectivity index (χ3v) is 2.01. The summed E-state index contributed by atoms with van der Waals surface area (Å²) in [6.45, 7) is 0. The predicted octanol–water partition coefficient (Wildman–Crippen LogP) is 2.85. The lowest BCUT2D eigenvalue weighted by molar-refractivity contribution is 0.587. The van der Waals surface area contributed by atoms with E-state index >= 15 is 0 Å². The molecule has 0 aromatic heterocycles. The average molecular weight is 198 g/mol. The van der Waals surface area contributed by atoms with Gasteiger partial charge < -0.3 is 5.73 Å². The Hall–Kier alpha value is -0.540. The zero-order valence-electron chi connectivity index (χ0n) is 5.17. The van der Waals surface area contributed by atoms with Crippen LogP contribution in [0, 0.1) is 11.6 Å². The quantitative estimate of drug-likeness (QED) is 0.387. The summed E-state index contributed by atoms with van der Waals surface area (Å²) in [5.41, 5.74) is 4.76. The first-order valence-electron chi connectivity index (χ1n) is 2.62. The third kappa shape index (κ3) is 1.39. The van der Waals surface area contributed by atoms with Gasteiger partial charge in [-0.25, -0.2) is 8.78 Å². The number of rotatable bonds is 0. The van der Waals surface area contributed by atoms with Crippen molar-refractivity contribution in [2.45, 2.75) is 0 Å². The van der Waals surface area contributed by atoms with Crippen LogP contribution in [0.2, 0.25) is 10.0 Å². The zero-order chi connectivity index (χ0) is 8.59. The first-order chi connectivity index (χ1) is 5.04. The second kappa shape index (κ2) is 2.83. The summed E-state index contributed by atoms with van der Waals surface area (Å²) in [6, 6.07) is 0.587. The van der Waals surface area contributed by atoms with E-state index in [0.29, 0.717) is 6.07 Å². The maximum Gasteiger partial charge on any atom is 0.150 e. The summed E-state index contributed by atoms with van der Waals surface area (Å²) in [5.74, 6) is -1.82. The Balaban J connectivity index is 3.46. The van der Waals surface area contributed by atoms with Crippen LogP contribution < -0.4 is 5.73 Å². The summed E-state index contributed by atoms with van der Waals surface area (Å²) in [7, 11) is 0. The fourth-order valence-corrected chi connectivity index (χ4v) is 0.917. The van der Waals surface area contributed by atoms with E-state index in [1.54, 1.807) is 0 Å². The maximum absolute atomic E-state index is 12.5. The SMILES string of the molecule is Nc1c(F)cc(F)c(Cl)c1Cl. The van der Waals surface area contributed by atoms with E-state index in [4.69, 9.17) is 28.9 Å². The van der Waals surface area contributed by atoms with Crippen LogP contribution >= 0.6 is 23.2 Å². The molecule has 5 heteroatoms. The van der Waals surface area contributed by atoms with Gasteiger partial charge in [0.05, 0.1) is 15.7 Å². The topological polar surface area (TPSA) is 26.0 Å². The monoisotopic (exact) mass is 197 g/mol. The van der Waals surface area contributed by atoms with E-state index in [9.17, 15) is 8.78 Å². The lowest BCUT2D eigenvalue weighted by Gasteiger charge is -2.01. The molecule has 1 aromatic carbocycles. The van der Waals surface area contributed by atoms with Crippen LogP contribution in [0.3, 0.4) is 0 Å². The van der Waals surface area contributed by atoms with Gasteiger partial charge in [0, 0.05) is 6.07 Å². The molecule has 0 atom stereocenters. The Morgan fingerprint density at radius 1 is 1.09 bits per heavy atom. The number of halogens is 4. The van der Waals surface area contributed by atoms with Crippen LogP contribution in [0.5, 0.6) is 0 Å². The van der Waals surface area contributed by atoms with E-state index < -0.39 is 11.6 Å². The van der Waals surface area contributed by atoms with Crippen molar-refractivity contribution in [3.05, 3.63) is 27.7 Å². The van der Waals surface area contributed by atoms with Gasteiger partial charge in [-0.2, -0.15) is 0 Å². The number of nitrogen functional groups attached to an aromatic ring is 1. The normalized spacial score (nSPS) is 10.2. The molecular formula is C6H3Cl2F2N. The van der Waals surface area contributed by atoms with Crippen molar-refractivity contribution >= 4 is 28.9 Å². The van der Waals surface area contributed by atoms with Crippen LogP contribution in [-0.4, -0.2) is 0 Å². The molecule has 2 N–H and O–H groups in total. The highest BCUT2D eigenvalue weighted by Gasteiger charge is 2.12. The van der Waals surface area contributed by atoms with Gasteiger partial charge in [0.2, 0.25) is 0 Å². The van der Waals surface area contributed by atoms with Crippen molar-refractivity contribution in [1.29, 1.82) is 0 Å². The Labute approximate surface area is 71.7 Å². The number of hydrogen-bond acceptors (Lipinski definition) is 1. The first kappa shape index (κ1) is 8.56. The summed E-state index contributed by atoms with van der Waals surface area (Å²) < 4.78 is 25.0. The molecular weight excluding hydrogens is 195 g/mol. The largest absolute Gasteiger partial charge is 0.395 e. The fraction of sp³-hybridized carbons (Fsp3) is 0. The predicted molar refractivity (Wildman–Crippen MR) is 40.8 cm³/mol. The van der Waals surface area contributed by atoms with Crippen molar-refractivity contribution in [3.8, 4) is 0 Å². The van der Waals surface area contributed by atoms with Gasteiger partial charge in [0.25, 0.3) is 0 Å². The van der Waals surface area contributed by atoms with Crippen LogP contribution in [0.15, 0.2) is 6.07 Å². The van der Waals surface area contributed by atoms with Gasteiger partial charge in [-0.15, -0.1) is 0 Å².